The van der Waals surface area contributed by atoms with Crippen LogP contribution in [0.2, 0.25) is 5.02 Å². The number of ether oxygens (including phenoxy) is 1. The lowest BCUT2D eigenvalue weighted by atomic mass is 9.96. The number of rotatable bonds is 6. The van der Waals surface area contributed by atoms with E-state index in [1.54, 1.807) is 24.3 Å². The molecule has 0 aliphatic heterocycles. The van der Waals surface area contributed by atoms with E-state index < -0.39 is 11.9 Å². The number of halogens is 1. The minimum atomic E-state index is -0.871. The van der Waals surface area contributed by atoms with Gasteiger partial charge >= 0.3 is 5.97 Å². The van der Waals surface area contributed by atoms with Crippen molar-refractivity contribution in [3.05, 3.63) is 64.7 Å². The topological polar surface area (TPSA) is 46.5 Å². The number of aliphatic carboxylic acids is 1. The van der Waals surface area contributed by atoms with E-state index in [4.69, 9.17) is 16.3 Å². The molecule has 1 atom stereocenters. The third-order valence-electron chi connectivity index (χ3n) is 3.25. The maximum absolute atomic E-state index is 11.4. The second-order valence-corrected chi connectivity index (χ2v) is 5.33. The first kappa shape index (κ1) is 15.4. The summed E-state index contributed by atoms with van der Waals surface area (Å²) in [5, 5.41) is 9.89. The molecule has 0 bridgehead atoms. The molecule has 0 spiro atoms. The zero-order valence-electron chi connectivity index (χ0n) is 11.8. The lowest BCUT2D eigenvalue weighted by Gasteiger charge is -2.14. The highest BCUT2D eigenvalue weighted by atomic mass is 35.5. The quantitative estimate of drug-likeness (QED) is 0.866. The Morgan fingerprint density at radius 3 is 2.57 bits per heavy atom. The molecule has 0 aromatic heterocycles. The lowest BCUT2D eigenvalue weighted by Crippen LogP contribution is -2.15. The fourth-order valence-corrected chi connectivity index (χ4v) is 2.28. The minimum Gasteiger partial charge on any atom is -0.494 e. The van der Waals surface area contributed by atoms with Crippen molar-refractivity contribution in [2.24, 2.45) is 0 Å². The molecule has 2 aromatic rings. The summed E-state index contributed by atoms with van der Waals surface area (Å²) in [6.07, 6.45) is 0.392. The highest BCUT2D eigenvalue weighted by Crippen LogP contribution is 2.23. The first-order valence-electron chi connectivity index (χ1n) is 6.74. The highest BCUT2D eigenvalue weighted by Gasteiger charge is 2.20. The van der Waals surface area contributed by atoms with Crippen molar-refractivity contribution in [1.29, 1.82) is 0 Å². The lowest BCUT2D eigenvalue weighted by molar-refractivity contribution is -0.139. The molecule has 2 rings (SSSR count). The Balaban J connectivity index is 1.98. The van der Waals surface area contributed by atoms with Crippen LogP contribution in [0.5, 0.6) is 5.75 Å². The Hall–Kier alpha value is -2.00. The number of hydrogen-bond acceptors (Lipinski definition) is 2. The van der Waals surface area contributed by atoms with Crippen LogP contribution in [0.1, 0.15) is 23.5 Å². The molecule has 2 aromatic carbocycles. The molecule has 0 radical (unpaired) electrons. The molecule has 0 fully saturated rings. The van der Waals surface area contributed by atoms with Crippen LogP contribution in [0, 0.1) is 6.92 Å². The van der Waals surface area contributed by atoms with Crippen LogP contribution in [0.3, 0.4) is 0 Å². The predicted octanol–water partition coefficient (Wildman–Crippen LogP) is 4.29. The largest absolute Gasteiger partial charge is 0.494 e. The van der Waals surface area contributed by atoms with Crippen molar-refractivity contribution < 1.29 is 14.6 Å². The Bertz CT molecular complexity index is 608. The molecular weight excluding hydrogens is 288 g/mol. The van der Waals surface area contributed by atoms with Gasteiger partial charge in [-0.1, -0.05) is 41.4 Å². The molecule has 21 heavy (non-hydrogen) atoms. The molecule has 1 N–H and O–H groups in total. The maximum atomic E-state index is 11.4. The Morgan fingerprint density at radius 2 is 1.95 bits per heavy atom. The van der Waals surface area contributed by atoms with Gasteiger partial charge in [0.1, 0.15) is 5.75 Å². The van der Waals surface area contributed by atoms with Crippen molar-refractivity contribution in [2.45, 2.75) is 19.3 Å². The van der Waals surface area contributed by atoms with E-state index in [1.807, 2.05) is 31.2 Å². The number of benzene rings is 2. The molecule has 0 amide bonds. The summed E-state index contributed by atoms with van der Waals surface area (Å²) in [5.41, 5.74) is 1.85. The number of carbonyl (C=O) groups is 1. The molecule has 3 nitrogen and oxygen atoms in total. The molecule has 0 heterocycles. The Morgan fingerprint density at radius 1 is 1.24 bits per heavy atom. The summed E-state index contributed by atoms with van der Waals surface area (Å²) in [6.45, 7) is 2.34. The van der Waals surface area contributed by atoms with Gasteiger partial charge < -0.3 is 9.84 Å². The van der Waals surface area contributed by atoms with Crippen LogP contribution in [-0.2, 0) is 4.79 Å². The van der Waals surface area contributed by atoms with Crippen LogP contribution in [0.15, 0.2) is 48.5 Å². The number of aryl methyl sites for hydroxylation is 1. The fraction of sp³-hybridized carbons (Fsp3) is 0.235. The molecule has 0 saturated heterocycles. The van der Waals surface area contributed by atoms with Crippen LogP contribution < -0.4 is 4.74 Å². The normalized spacial score (nSPS) is 11.9. The van der Waals surface area contributed by atoms with Crippen LogP contribution in [0.25, 0.3) is 0 Å². The Kier molecular flexibility index (Phi) is 5.23. The van der Waals surface area contributed by atoms with Gasteiger partial charge in [0.2, 0.25) is 0 Å². The maximum Gasteiger partial charge on any atom is 0.311 e. The van der Waals surface area contributed by atoms with Gasteiger partial charge in [-0.05, 0) is 43.2 Å². The molecular formula is C17H17ClO3. The van der Waals surface area contributed by atoms with Gasteiger partial charge in [0.25, 0.3) is 0 Å². The van der Waals surface area contributed by atoms with E-state index in [-0.39, 0.29) is 0 Å². The molecule has 4 heteroatoms. The average Bonchev–Trinajstić information content (AvgIpc) is 2.45. The van der Waals surface area contributed by atoms with Gasteiger partial charge in [0.05, 0.1) is 12.5 Å². The number of carboxylic acid groups (broad SMARTS) is 1. The molecule has 0 aliphatic carbocycles. The SMILES string of the molecule is Cc1ccc(OCCC(C(=O)O)c2cccc(Cl)c2)cc1. The second-order valence-electron chi connectivity index (χ2n) is 4.90. The fourth-order valence-electron chi connectivity index (χ4n) is 2.09. The third kappa shape index (κ3) is 4.50. The minimum absolute atomic E-state index is 0.340. The molecule has 0 saturated carbocycles. The van der Waals surface area contributed by atoms with E-state index >= 15 is 0 Å². The highest BCUT2D eigenvalue weighted by molar-refractivity contribution is 6.30. The second kappa shape index (κ2) is 7.14. The predicted molar refractivity (Wildman–Crippen MR) is 83.1 cm³/mol. The smallest absolute Gasteiger partial charge is 0.311 e. The van der Waals surface area contributed by atoms with Crippen molar-refractivity contribution >= 4 is 17.6 Å². The van der Waals surface area contributed by atoms with Crippen LogP contribution >= 0.6 is 11.6 Å². The zero-order chi connectivity index (χ0) is 15.2. The first-order chi connectivity index (χ1) is 10.1. The van der Waals surface area contributed by atoms with E-state index in [2.05, 4.69) is 0 Å². The summed E-state index contributed by atoms with van der Waals surface area (Å²) < 4.78 is 5.60. The monoisotopic (exact) mass is 304 g/mol. The van der Waals surface area contributed by atoms with Gasteiger partial charge in [0.15, 0.2) is 0 Å². The summed E-state index contributed by atoms with van der Waals surface area (Å²) in [5.74, 6) is -0.741. The van der Waals surface area contributed by atoms with Crippen LogP contribution in [-0.4, -0.2) is 17.7 Å². The summed E-state index contributed by atoms with van der Waals surface area (Å²) in [6, 6.07) is 14.6. The van der Waals surface area contributed by atoms with Crippen molar-refractivity contribution in [2.75, 3.05) is 6.61 Å². The first-order valence-corrected chi connectivity index (χ1v) is 7.12. The standard InChI is InChI=1S/C17H17ClO3/c1-12-5-7-15(8-6-12)21-10-9-16(17(19)20)13-3-2-4-14(18)11-13/h2-8,11,16H,9-10H2,1H3,(H,19,20). The van der Waals surface area contributed by atoms with E-state index in [9.17, 15) is 9.90 Å². The van der Waals surface area contributed by atoms with Crippen LogP contribution in [0.4, 0.5) is 0 Å². The summed E-state index contributed by atoms with van der Waals surface area (Å²) in [7, 11) is 0. The third-order valence-corrected chi connectivity index (χ3v) is 3.48. The van der Waals surface area contributed by atoms with Gasteiger partial charge in [-0.2, -0.15) is 0 Å². The zero-order valence-corrected chi connectivity index (χ0v) is 12.5. The summed E-state index contributed by atoms with van der Waals surface area (Å²) in [4.78, 5) is 11.4. The summed E-state index contributed by atoms with van der Waals surface area (Å²) >= 11 is 5.91. The molecule has 1 unspecified atom stereocenters. The molecule has 110 valence electrons. The van der Waals surface area contributed by atoms with Gasteiger partial charge in [-0.3, -0.25) is 4.79 Å². The number of carboxylic acids is 1. The van der Waals surface area contributed by atoms with Gasteiger partial charge in [-0.25, -0.2) is 0 Å². The van der Waals surface area contributed by atoms with E-state index in [0.29, 0.717) is 23.6 Å². The average molecular weight is 305 g/mol. The van der Waals surface area contributed by atoms with E-state index in [1.165, 1.54) is 0 Å². The van der Waals surface area contributed by atoms with Gasteiger partial charge in [0, 0.05) is 5.02 Å². The van der Waals surface area contributed by atoms with Gasteiger partial charge in [-0.15, -0.1) is 0 Å². The number of hydrogen-bond donors (Lipinski definition) is 1. The molecule has 0 aliphatic rings. The van der Waals surface area contributed by atoms with Crippen molar-refractivity contribution in [3.63, 3.8) is 0 Å². The van der Waals surface area contributed by atoms with Crippen molar-refractivity contribution in [1.82, 2.24) is 0 Å². The Labute approximate surface area is 129 Å². The van der Waals surface area contributed by atoms with E-state index in [0.717, 1.165) is 11.3 Å². The van der Waals surface area contributed by atoms with Crippen molar-refractivity contribution in [3.8, 4) is 5.75 Å².